The van der Waals surface area contributed by atoms with Gasteiger partial charge in [0.15, 0.2) is 0 Å². The van der Waals surface area contributed by atoms with Crippen LogP contribution in [0, 0.1) is 0 Å². The molecule has 0 heterocycles. The SMILES string of the molecule is CCCCCCCC/C=C/CCCCCCCC(=O)OCCSCCO. The number of unbranched alkanes of at least 4 members (excludes halogenated alkanes) is 11. The van der Waals surface area contributed by atoms with Crippen molar-refractivity contribution in [1.82, 2.24) is 0 Å². The first-order valence-corrected chi connectivity index (χ1v) is 12.0. The van der Waals surface area contributed by atoms with Crippen molar-refractivity contribution in [3.63, 3.8) is 0 Å². The quantitative estimate of drug-likeness (QED) is 0.152. The molecule has 0 aromatic rings. The topological polar surface area (TPSA) is 46.5 Å². The Hall–Kier alpha value is -0.480. The lowest BCUT2D eigenvalue weighted by Crippen LogP contribution is -2.07. The second kappa shape index (κ2) is 22.6. The highest BCUT2D eigenvalue weighted by atomic mass is 32.2. The van der Waals surface area contributed by atoms with Crippen LogP contribution in [0.4, 0.5) is 0 Å². The van der Waals surface area contributed by atoms with Crippen LogP contribution in [0.5, 0.6) is 0 Å². The summed E-state index contributed by atoms with van der Waals surface area (Å²) in [7, 11) is 0. The summed E-state index contributed by atoms with van der Waals surface area (Å²) < 4.78 is 5.16. The number of esters is 1. The molecule has 0 aliphatic rings. The molecule has 0 bridgehead atoms. The van der Waals surface area contributed by atoms with E-state index in [0.29, 0.717) is 18.8 Å². The van der Waals surface area contributed by atoms with Gasteiger partial charge in [0.1, 0.15) is 6.61 Å². The van der Waals surface area contributed by atoms with Crippen molar-refractivity contribution in [1.29, 1.82) is 0 Å². The number of hydrogen-bond acceptors (Lipinski definition) is 4. The van der Waals surface area contributed by atoms with Crippen LogP contribution in [-0.2, 0) is 9.53 Å². The molecule has 0 atom stereocenters. The van der Waals surface area contributed by atoms with Crippen molar-refractivity contribution in [3.8, 4) is 0 Å². The number of allylic oxidation sites excluding steroid dienone is 2. The monoisotopic (exact) mass is 386 g/mol. The van der Waals surface area contributed by atoms with E-state index < -0.39 is 0 Å². The van der Waals surface area contributed by atoms with E-state index in [2.05, 4.69) is 19.1 Å². The number of ether oxygens (including phenoxy) is 1. The van der Waals surface area contributed by atoms with Crippen LogP contribution in [0.25, 0.3) is 0 Å². The molecule has 0 saturated carbocycles. The normalized spacial score (nSPS) is 11.3. The Kier molecular flexibility index (Phi) is 22.1. The molecule has 0 saturated heterocycles. The Morgan fingerprint density at radius 3 is 2.04 bits per heavy atom. The molecule has 4 heteroatoms. The molecule has 154 valence electrons. The minimum atomic E-state index is -0.0766. The van der Waals surface area contributed by atoms with E-state index >= 15 is 0 Å². The predicted octanol–water partition coefficient (Wildman–Crippen LogP) is 6.29. The second-order valence-electron chi connectivity index (χ2n) is 6.89. The maximum absolute atomic E-state index is 11.5. The van der Waals surface area contributed by atoms with Crippen LogP contribution >= 0.6 is 11.8 Å². The van der Waals surface area contributed by atoms with Crippen LogP contribution in [0.1, 0.15) is 96.8 Å². The number of carbonyl (C=O) groups is 1. The first-order valence-electron chi connectivity index (χ1n) is 10.8. The fourth-order valence-corrected chi connectivity index (χ4v) is 3.33. The van der Waals surface area contributed by atoms with Crippen molar-refractivity contribution in [2.75, 3.05) is 24.7 Å². The standard InChI is InChI=1S/C22H42O3S/c1-2-3-4-5-6-7-8-9-10-11-12-13-14-15-16-17-22(24)25-19-21-26-20-18-23/h9-10,23H,2-8,11-21H2,1H3/b10-9+. The van der Waals surface area contributed by atoms with Gasteiger partial charge in [-0.15, -0.1) is 0 Å². The van der Waals surface area contributed by atoms with Crippen LogP contribution < -0.4 is 0 Å². The van der Waals surface area contributed by atoms with E-state index in [0.717, 1.165) is 18.6 Å². The molecule has 1 N–H and O–H groups in total. The Bertz CT molecular complexity index is 319. The van der Waals surface area contributed by atoms with Gasteiger partial charge in [-0.25, -0.2) is 0 Å². The minimum Gasteiger partial charge on any atom is -0.465 e. The molecule has 0 radical (unpaired) electrons. The second-order valence-corrected chi connectivity index (χ2v) is 8.12. The third kappa shape index (κ3) is 21.6. The van der Waals surface area contributed by atoms with E-state index in [9.17, 15) is 4.79 Å². The number of aliphatic hydroxyl groups excluding tert-OH is 1. The van der Waals surface area contributed by atoms with E-state index in [4.69, 9.17) is 9.84 Å². The molecule has 0 aromatic heterocycles. The molecule has 0 fully saturated rings. The molecule has 0 spiro atoms. The first kappa shape index (κ1) is 25.5. The van der Waals surface area contributed by atoms with Gasteiger partial charge in [-0.1, -0.05) is 70.4 Å². The van der Waals surface area contributed by atoms with Gasteiger partial charge in [-0.3, -0.25) is 4.79 Å². The Morgan fingerprint density at radius 1 is 0.846 bits per heavy atom. The molecule has 0 aromatic carbocycles. The number of hydrogen-bond donors (Lipinski definition) is 1. The zero-order valence-electron chi connectivity index (χ0n) is 17.1. The maximum Gasteiger partial charge on any atom is 0.305 e. The smallest absolute Gasteiger partial charge is 0.305 e. The van der Waals surface area contributed by atoms with Gasteiger partial charge in [0.25, 0.3) is 0 Å². The average Bonchev–Trinajstić information content (AvgIpc) is 2.64. The molecule has 0 amide bonds. The number of rotatable bonds is 20. The largest absolute Gasteiger partial charge is 0.465 e. The predicted molar refractivity (Wildman–Crippen MR) is 115 cm³/mol. The molecular formula is C22H42O3S. The summed E-state index contributed by atoms with van der Waals surface area (Å²) in [6.07, 6.45) is 21.7. The highest BCUT2D eigenvalue weighted by Crippen LogP contribution is 2.10. The molecule has 3 nitrogen and oxygen atoms in total. The van der Waals surface area contributed by atoms with Crippen LogP contribution in [0.3, 0.4) is 0 Å². The van der Waals surface area contributed by atoms with Crippen LogP contribution in [-0.4, -0.2) is 35.8 Å². The molecule has 0 aliphatic heterocycles. The lowest BCUT2D eigenvalue weighted by molar-refractivity contribution is -0.143. The van der Waals surface area contributed by atoms with Crippen molar-refractivity contribution in [3.05, 3.63) is 12.2 Å². The Morgan fingerprint density at radius 2 is 1.42 bits per heavy atom. The lowest BCUT2D eigenvalue weighted by Gasteiger charge is -2.04. The van der Waals surface area contributed by atoms with Gasteiger partial charge >= 0.3 is 5.97 Å². The molecule has 0 rings (SSSR count). The summed E-state index contributed by atoms with van der Waals surface area (Å²) in [6.45, 7) is 2.92. The summed E-state index contributed by atoms with van der Waals surface area (Å²) in [5.41, 5.74) is 0. The highest BCUT2D eigenvalue weighted by Gasteiger charge is 2.02. The summed E-state index contributed by atoms with van der Waals surface area (Å²) >= 11 is 1.61. The molecular weight excluding hydrogens is 344 g/mol. The summed E-state index contributed by atoms with van der Waals surface area (Å²) in [4.78, 5) is 11.5. The van der Waals surface area contributed by atoms with Gasteiger partial charge in [0, 0.05) is 17.9 Å². The minimum absolute atomic E-state index is 0.0766. The zero-order chi connectivity index (χ0) is 19.1. The Balaban J connectivity index is 3.18. The molecule has 0 aliphatic carbocycles. The summed E-state index contributed by atoms with van der Waals surface area (Å²) in [5, 5.41) is 8.64. The van der Waals surface area contributed by atoms with E-state index in [-0.39, 0.29) is 12.6 Å². The van der Waals surface area contributed by atoms with Crippen LogP contribution in [0.2, 0.25) is 0 Å². The van der Waals surface area contributed by atoms with Gasteiger partial charge in [0.05, 0.1) is 6.61 Å². The molecule has 26 heavy (non-hydrogen) atoms. The van der Waals surface area contributed by atoms with Crippen LogP contribution in [0.15, 0.2) is 12.2 Å². The average molecular weight is 387 g/mol. The summed E-state index contributed by atoms with van der Waals surface area (Å²) in [5.74, 6) is 1.41. The van der Waals surface area contributed by atoms with E-state index in [1.54, 1.807) is 11.8 Å². The summed E-state index contributed by atoms with van der Waals surface area (Å²) in [6, 6.07) is 0. The third-order valence-electron chi connectivity index (χ3n) is 4.37. The first-order chi connectivity index (χ1) is 12.8. The fourth-order valence-electron chi connectivity index (χ4n) is 2.79. The van der Waals surface area contributed by atoms with Crippen molar-refractivity contribution in [2.45, 2.75) is 96.8 Å². The van der Waals surface area contributed by atoms with E-state index in [1.165, 1.54) is 70.6 Å². The highest BCUT2D eigenvalue weighted by molar-refractivity contribution is 7.99. The van der Waals surface area contributed by atoms with Gasteiger partial charge < -0.3 is 9.84 Å². The number of aliphatic hydroxyl groups is 1. The number of carbonyl (C=O) groups excluding carboxylic acids is 1. The Labute approximate surface area is 166 Å². The third-order valence-corrected chi connectivity index (χ3v) is 5.30. The van der Waals surface area contributed by atoms with Gasteiger partial charge in [-0.05, 0) is 32.1 Å². The molecule has 0 unspecified atom stereocenters. The van der Waals surface area contributed by atoms with Gasteiger partial charge in [-0.2, -0.15) is 11.8 Å². The lowest BCUT2D eigenvalue weighted by atomic mass is 10.1. The zero-order valence-corrected chi connectivity index (χ0v) is 17.9. The van der Waals surface area contributed by atoms with Crippen molar-refractivity contribution in [2.24, 2.45) is 0 Å². The maximum atomic E-state index is 11.5. The van der Waals surface area contributed by atoms with E-state index in [1.807, 2.05) is 0 Å². The van der Waals surface area contributed by atoms with Crippen molar-refractivity contribution < 1.29 is 14.6 Å². The number of thioether (sulfide) groups is 1. The van der Waals surface area contributed by atoms with Crippen molar-refractivity contribution >= 4 is 17.7 Å². The fraction of sp³-hybridized carbons (Fsp3) is 0.864. The van der Waals surface area contributed by atoms with Gasteiger partial charge in [0.2, 0.25) is 0 Å².